The maximum absolute atomic E-state index is 12.6. The third kappa shape index (κ3) is 1.63. The molecule has 5 rings (SSSR count). The standard InChI is InChI=1S/C16H17N5OS/c1-7-10-3-4-17-16(7,10)15-19-11-5-12(9-6-18-21-8(9)2)23-13(11)14(22)20-15/h5-7,10,17H,3-4H2,1-2H3,(H,18,21)(H,19,20,22)/t7-,10?,16?/m0/s1. The largest absolute Gasteiger partial charge is 0.308 e. The Hall–Kier alpha value is -1.99. The number of nitrogens with zero attached hydrogens (tertiary/aromatic N) is 2. The maximum Gasteiger partial charge on any atom is 0.268 e. The summed E-state index contributed by atoms with van der Waals surface area (Å²) in [4.78, 5) is 21.4. The summed E-state index contributed by atoms with van der Waals surface area (Å²) in [5.41, 5.74) is 2.67. The summed E-state index contributed by atoms with van der Waals surface area (Å²) in [5.74, 6) is 1.93. The second-order valence-corrected chi connectivity index (χ2v) is 7.68. The molecule has 3 aromatic rings. The van der Waals surface area contributed by atoms with Crippen LogP contribution in [0.15, 0.2) is 17.1 Å². The number of aryl methyl sites for hydroxylation is 1. The van der Waals surface area contributed by atoms with Gasteiger partial charge in [-0.1, -0.05) is 6.92 Å². The first kappa shape index (κ1) is 13.4. The van der Waals surface area contributed by atoms with Crippen molar-refractivity contribution in [1.82, 2.24) is 25.5 Å². The van der Waals surface area contributed by atoms with Gasteiger partial charge in [0.05, 0.1) is 17.3 Å². The maximum atomic E-state index is 12.6. The molecule has 23 heavy (non-hydrogen) atoms. The molecule has 4 heterocycles. The Morgan fingerprint density at radius 1 is 1.43 bits per heavy atom. The molecule has 118 valence electrons. The monoisotopic (exact) mass is 327 g/mol. The predicted octanol–water partition coefficient (Wildman–Crippen LogP) is 2.14. The van der Waals surface area contributed by atoms with Gasteiger partial charge in [0, 0.05) is 16.1 Å². The van der Waals surface area contributed by atoms with E-state index in [2.05, 4.69) is 27.4 Å². The van der Waals surface area contributed by atoms with Crippen LogP contribution in [0, 0.1) is 18.8 Å². The van der Waals surface area contributed by atoms with E-state index in [0.29, 0.717) is 16.5 Å². The average molecular weight is 327 g/mol. The van der Waals surface area contributed by atoms with E-state index in [4.69, 9.17) is 4.98 Å². The van der Waals surface area contributed by atoms with Crippen molar-refractivity contribution in [2.75, 3.05) is 6.54 Å². The quantitative estimate of drug-likeness (QED) is 0.673. The number of nitrogens with one attached hydrogen (secondary N) is 3. The molecule has 0 radical (unpaired) electrons. The lowest BCUT2D eigenvalue weighted by molar-refractivity contribution is 0.497. The molecule has 1 aliphatic carbocycles. The first-order valence-corrected chi connectivity index (χ1v) is 8.72. The minimum absolute atomic E-state index is 0.0386. The van der Waals surface area contributed by atoms with E-state index in [0.717, 1.165) is 40.4 Å². The number of H-pyrrole nitrogens is 2. The molecule has 0 bridgehead atoms. The summed E-state index contributed by atoms with van der Waals surface area (Å²) in [7, 11) is 0. The number of hydrogen-bond donors (Lipinski definition) is 3. The lowest BCUT2D eigenvalue weighted by Crippen LogP contribution is -2.32. The molecular formula is C16H17N5OS. The van der Waals surface area contributed by atoms with Gasteiger partial charge in [0.2, 0.25) is 0 Å². The van der Waals surface area contributed by atoms with Crippen LogP contribution in [0.5, 0.6) is 0 Å². The number of piperidine rings is 1. The number of rotatable bonds is 2. The van der Waals surface area contributed by atoms with E-state index in [1.54, 1.807) is 6.20 Å². The zero-order valence-corrected chi connectivity index (χ0v) is 13.8. The normalized spacial score (nSPS) is 29.1. The Morgan fingerprint density at radius 2 is 2.30 bits per heavy atom. The highest BCUT2D eigenvalue weighted by molar-refractivity contribution is 7.22. The Bertz CT molecular complexity index is 986. The van der Waals surface area contributed by atoms with Gasteiger partial charge in [-0.15, -0.1) is 11.3 Å². The van der Waals surface area contributed by atoms with Gasteiger partial charge in [-0.2, -0.15) is 5.10 Å². The van der Waals surface area contributed by atoms with Crippen LogP contribution in [0.2, 0.25) is 0 Å². The van der Waals surface area contributed by atoms with Crippen molar-refractivity contribution in [1.29, 1.82) is 0 Å². The van der Waals surface area contributed by atoms with Crippen LogP contribution >= 0.6 is 11.3 Å². The van der Waals surface area contributed by atoms with Crippen molar-refractivity contribution in [3.05, 3.63) is 34.1 Å². The molecule has 2 fully saturated rings. The fourth-order valence-corrected chi connectivity index (χ4v) is 5.26. The zero-order valence-electron chi connectivity index (χ0n) is 12.9. The molecule has 1 saturated carbocycles. The topological polar surface area (TPSA) is 86.5 Å². The van der Waals surface area contributed by atoms with Crippen molar-refractivity contribution in [2.45, 2.75) is 25.8 Å². The molecule has 1 aliphatic heterocycles. The summed E-state index contributed by atoms with van der Waals surface area (Å²) in [6.07, 6.45) is 2.96. The van der Waals surface area contributed by atoms with Crippen LogP contribution in [0.3, 0.4) is 0 Å². The fourth-order valence-electron chi connectivity index (χ4n) is 4.20. The van der Waals surface area contributed by atoms with Gasteiger partial charge in [-0.05, 0) is 37.8 Å². The number of thiophene rings is 1. The van der Waals surface area contributed by atoms with Crippen LogP contribution in [0.1, 0.15) is 24.9 Å². The number of aromatic nitrogens is 4. The first-order valence-electron chi connectivity index (χ1n) is 7.91. The number of aromatic amines is 2. The lowest BCUT2D eigenvalue weighted by Gasteiger charge is -2.14. The van der Waals surface area contributed by atoms with Gasteiger partial charge >= 0.3 is 0 Å². The minimum Gasteiger partial charge on any atom is -0.308 e. The van der Waals surface area contributed by atoms with Crippen LogP contribution in [0.25, 0.3) is 20.7 Å². The van der Waals surface area contributed by atoms with Crippen LogP contribution in [-0.2, 0) is 5.54 Å². The van der Waals surface area contributed by atoms with Crippen molar-refractivity contribution < 1.29 is 0 Å². The van der Waals surface area contributed by atoms with E-state index in [1.165, 1.54) is 11.3 Å². The molecule has 0 spiro atoms. The lowest BCUT2D eigenvalue weighted by atomic mass is 10.2. The average Bonchev–Trinajstić information content (AvgIpc) is 3.03. The summed E-state index contributed by atoms with van der Waals surface area (Å²) >= 11 is 1.47. The van der Waals surface area contributed by atoms with E-state index < -0.39 is 0 Å². The predicted molar refractivity (Wildman–Crippen MR) is 89.5 cm³/mol. The summed E-state index contributed by atoms with van der Waals surface area (Å²) < 4.78 is 0.684. The van der Waals surface area contributed by atoms with Gasteiger partial charge < -0.3 is 10.3 Å². The highest BCUT2D eigenvalue weighted by atomic mass is 32.1. The van der Waals surface area contributed by atoms with Gasteiger partial charge in [0.25, 0.3) is 5.56 Å². The van der Waals surface area contributed by atoms with E-state index >= 15 is 0 Å². The van der Waals surface area contributed by atoms with E-state index in [9.17, 15) is 4.79 Å². The van der Waals surface area contributed by atoms with Crippen molar-refractivity contribution in [3.63, 3.8) is 0 Å². The van der Waals surface area contributed by atoms with Crippen LogP contribution in [0.4, 0.5) is 0 Å². The van der Waals surface area contributed by atoms with Gasteiger partial charge in [0.1, 0.15) is 10.5 Å². The Labute approximate surface area is 136 Å². The van der Waals surface area contributed by atoms with Crippen molar-refractivity contribution >= 4 is 21.6 Å². The van der Waals surface area contributed by atoms with Crippen LogP contribution < -0.4 is 10.9 Å². The zero-order chi connectivity index (χ0) is 15.8. The fraction of sp³-hybridized carbons (Fsp3) is 0.438. The second kappa shape index (κ2) is 4.30. The minimum atomic E-state index is -0.110. The van der Waals surface area contributed by atoms with Crippen molar-refractivity contribution in [2.24, 2.45) is 11.8 Å². The molecule has 2 unspecified atom stereocenters. The molecule has 0 aromatic carbocycles. The molecule has 3 N–H and O–H groups in total. The van der Waals surface area contributed by atoms with Crippen LogP contribution in [-0.4, -0.2) is 26.7 Å². The molecule has 0 amide bonds. The van der Waals surface area contributed by atoms with E-state index in [-0.39, 0.29) is 11.1 Å². The third-order valence-corrected chi connectivity index (χ3v) is 6.70. The SMILES string of the molecule is Cc1[nH]ncc1-c1cc2nc(C34NCCC3[C@@H]4C)[nH]c(=O)c2s1. The molecular weight excluding hydrogens is 310 g/mol. The Kier molecular flexibility index (Phi) is 2.51. The third-order valence-electron chi connectivity index (χ3n) is 5.54. The van der Waals surface area contributed by atoms with E-state index in [1.807, 2.05) is 13.0 Å². The Morgan fingerprint density at radius 3 is 3.00 bits per heavy atom. The summed E-state index contributed by atoms with van der Waals surface area (Å²) in [6, 6.07) is 2.00. The Balaban J connectivity index is 1.68. The molecule has 7 heteroatoms. The van der Waals surface area contributed by atoms with Gasteiger partial charge in [-0.3, -0.25) is 9.89 Å². The number of hydrogen-bond acceptors (Lipinski definition) is 5. The first-order chi connectivity index (χ1) is 11.1. The van der Waals surface area contributed by atoms with Gasteiger partial charge in [-0.25, -0.2) is 4.98 Å². The van der Waals surface area contributed by atoms with Gasteiger partial charge in [0.15, 0.2) is 0 Å². The molecule has 1 saturated heterocycles. The molecule has 3 aromatic heterocycles. The van der Waals surface area contributed by atoms with Crippen molar-refractivity contribution in [3.8, 4) is 10.4 Å². The second-order valence-electron chi connectivity index (χ2n) is 6.63. The smallest absolute Gasteiger partial charge is 0.268 e. The number of fused-ring (bicyclic) bond motifs is 2. The summed E-state index contributed by atoms with van der Waals surface area (Å²) in [5, 5.41) is 10.6. The highest BCUT2D eigenvalue weighted by Gasteiger charge is 2.67. The molecule has 6 nitrogen and oxygen atoms in total. The molecule has 3 atom stereocenters. The summed E-state index contributed by atoms with van der Waals surface area (Å²) in [6.45, 7) is 5.21. The highest BCUT2D eigenvalue weighted by Crippen LogP contribution is 2.61. The molecule has 2 aliphatic rings.